The molecule has 0 amide bonds. The number of carboxylic acids is 1. The highest BCUT2D eigenvalue weighted by atomic mass is 32.1. The summed E-state index contributed by atoms with van der Waals surface area (Å²) in [5, 5.41) is 8.73. The SMILES string of the molecule is CC(C)(S)c1ccccc1CC(=O)O. The van der Waals surface area contributed by atoms with Crippen molar-refractivity contribution in [2.24, 2.45) is 0 Å². The molecule has 0 spiro atoms. The number of benzene rings is 1. The lowest BCUT2D eigenvalue weighted by Gasteiger charge is -2.21. The van der Waals surface area contributed by atoms with E-state index in [0.29, 0.717) is 0 Å². The normalized spacial score (nSPS) is 11.4. The van der Waals surface area contributed by atoms with Crippen LogP contribution in [0.2, 0.25) is 0 Å². The molecule has 0 aliphatic carbocycles. The van der Waals surface area contributed by atoms with Gasteiger partial charge in [0.15, 0.2) is 0 Å². The number of hydrogen-bond donors (Lipinski definition) is 2. The number of aliphatic carboxylic acids is 1. The van der Waals surface area contributed by atoms with Crippen molar-refractivity contribution < 1.29 is 9.90 Å². The number of carbonyl (C=O) groups is 1. The molecule has 0 bridgehead atoms. The Balaban J connectivity index is 3.10. The molecule has 0 aliphatic heterocycles. The van der Waals surface area contributed by atoms with E-state index in [1.165, 1.54) is 0 Å². The zero-order chi connectivity index (χ0) is 10.8. The fourth-order valence-electron chi connectivity index (χ4n) is 1.43. The van der Waals surface area contributed by atoms with Crippen LogP contribution in [-0.2, 0) is 16.0 Å². The second-order valence-electron chi connectivity index (χ2n) is 3.79. The summed E-state index contributed by atoms with van der Waals surface area (Å²) < 4.78 is -0.300. The molecule has 1 aromatic rings. The molecule has 0 saturated carbocycles. The van der Waals surface area contributed by atoms with Crippen molar-refractivity contribution >= 4 is 18.6 Å². The van der Waals surface area contributed by atoms with Gasteiger partial charge in [-0.25, -0.2) is 0 Å². The zero-order valence-corrected chi connectivity index (χ0v) is 9.21. The van der Waals surface area contributed by atoms with E-state index in [1.807, 2.05) is 38.1 Å². The molecular weight excluding hydrogens is 196 g/mol. The van der Waals surface area contributed by atoms with Crippen LogP contribution in [0.15, 0.2) is 24.3 Å². The summed E-state index contributed by atoms with van der Waals surface area (Å²) >= 11 is 4.44. The third-order valence-corrected chi connectivity index (χ3v) is 2.26. The third-order valence-electron chi connectivity index (χ3n) is 2.02. The Hall–Kier alpha value is -0.960. The lowest BCUT2D eigenvalue weighted by molar-refractivity contribution is -0.136. The van der Waals surface area contributed by atoms with E-state index in [-0.39, 0.29) is 11.2 Å². The van der Waals surface area contributed by atoms with E-state index in [1.54, 1.807) is 0 Å². The molecule has 0 heterocycles. The predicted molar refractivity (Wildman–Crippen MR) is 59.8 cm³/mol. The molecule has 0 unspecified atom stereocenters. The predicted octanol–water partition coefficient (Wildman–Crippen LogP) is 2.48. The summed E-state index contributed by atoms with van der Waals surface area (Å²) in [6.45, 7) is 3.91. The Kier molecular flexibility index (Phi) is 3.21. The van der Waals surface area contributed by atoms with Crippen LogP contribution in [0.3, 0.4) is 0 Å². The zero-order valence-electron chi connectivity index (χ0n) is 8.32. The van der Waals surface area contributed by atoms with Crippen molar-refractivity contribution in [1.29, 1.82) is 0 Å². The highest BCUT2D eigenvalue weighted by Crippen LogP contribution is 2.29. The van der Waals surface area contributed by atoms with E-state index in [4.69, 9.17) is 5.11 Å². The van der Waals surface area contributed by atoms with E-state index in [2.05, 4.69) is 12.6 Å². The Bertz CT molecular complexity index is 339. The Morgan fingerprint density at radius 1 is 1.43 bits per heavy atom. The van der Waals surface area contributed by atoms with E-state index in [9.17, 15) is 4.79 Å². The molecule has 0 radical (unpaired) electrons. The summed E-state index contributed by atoms with van der Waals surface area (Å²) in [5.41, 5.74) is 1.81. The maximum absolute atomic E-state index is 10.6. The van der Waals surface area contributed by atoms with Crippen molar-refractivity contribution in [3.05, 3.63) is 35.4 Å². The van der Waals surface area contributed by atoms with Gasteiger partial charge in [0.1, 0.15) is 0 Å². The molecular formula is C11H14O2S. The number of rotatable bonds is 3. The average molecular weight is 210 g/mol. The fourth-order valence-corrected chi connectivity index (χ4v) is 1.65. The Labute approximate surface area is 89.4 Å². The van der Waals surface area contributed by atoms with Crippen LogP contribution >= 0.6 is 12.6 Å². The van der Waals surface area contributed by atoms with Gasteiger partial charge >= 0.3 is 5.97 Å². The maximum Gasteiger partial charge on any atom is 0.307 e. The van der Waals surface area contributed by atoms with E-state index < -0.39 is 5.97 Å². The standard InChI is InChI=1S/C11H14O2S/c1-11(2,14)9-6-4-3-5-8(9)7-10(12)13/h3-6,14H,7H2,1-2H3,(H,12,13). The van der Waals surface area contributed by atoms with Gasteiger partial charge in [0.25, 0.3) is 0 Å². The molecule has 0 atom stereocenters. The van der Waals surface area contributed by atoms with Gasteiger partial charge in [-0.1, -0.05) is 24.3 Å². The van der Waals surface area contributed by atoms with Gasteiger partial charge in [0, 0.05) is 4.75 Å². The first kappa shape index (κ1) is 11.1. The highest BCUT2D eigenvalue weighted by molar-refractivity contribution is 7.81. The first-order valence-corrected chi connectivity index (χ1v) is 4.88. The minimum Gasteiger partial charge on any atom is -0.481 e. The molecule has 76 valence electrons. The average Bonchev–Trinajstić information content (AvgIpc) is 2.01. The van der Waals surface area contributed by atoms with Crippen molar-refractivity contribution in [3.63, 3.8) is 0 Å². The quantitative estimate of drug-likeness (QED) is 0.752. The molecule has 1 N–H and O–H groups in total. The van der Waals surface area contributed by atoms with Crippen molar-refractivity contribution in [2.75, 3.05) is 0 Å². The summed E-state index contributed by atoms with van der Waals surface area (Å²) in [5.74, 6) is -0.810. The lowest BCUT2D eigenvalue weighted by Crippen LogP contribution is -2.13. The summed E-state index contributed by atoms with van der Waals surface area (Å²) in [6, 6.07) is 7.51. The number of thiol groups is 1. The Morgan fingerprint density at radius 3 is 2.50 bits per heavy atom. The number of carboxylic acid groups (broad SMARTS) is 1. The first-order valence-electron chi connectivity index (χ1n) is 4.44. The van der Waals surface area contributed by atoms with E-state index in [0.717, 1.165) is 11.1 Å². The van der Waals surface area contributed by atoms with Gasteiger partial charge in [-0.05, 0) is 25.0 Å². The molecule has 0 saturated heterocycles. The van der Waals surface area contributed by atoms with Crippen LogP contribution in [0.5, 0.6) is 0 Å². The minimum atomic E-state index is -0.810. The molecule has 0 aromatic heterocycles. The van der Waals surface area contributed by atoms with Gasteiger partial charge in [-0.3, -0.25) is 4.79 Å². The summed E-state index contributed by atoms with van der Waals surface area (Å²) in [7, 11) is 0. The van der Waals surface area contributed by atoms with Crippen LogP contribution in [0.4, 0.5) is 0 Å². The second kappa shape index (κ2) is 4.05. The van der Waals surface area contributed by atoms with Crippen LogP contribution in [0.1, 0.15) is 25.0 Å². The van der Waals surface area contributed by atoms with Crippen LogP contribution < -0.4 is 0 Å². The van der Waals surface area contributed by atoms with Crippen molar-refractivity contribution in [1.82, 2.24) is 0 Å². The second-order valence-corrected chi connectivity index (χ2v) is 4.90. The topological polar surface area (TPSA) is 37.3 Å². The smallest absolute Gasteiger partial charge is 0.307 e. The van der Waals surface area contributed by atoms with Gasteiger partial charge < -0.3 is 5.11 Å². The molecule has 1 rings (SSSR count). The molecule has 0 aliphatic rings. The molecule has 2 nitrogen and oxygen atoms in total. The monoisotopic (exact) mass is 210 g/mol. The molecule has 3 heteroatoms. The van der Waals surface area contributed by atoms with Gasteiger partial charge in [-0.2, -0.15) is 12.6 Å². The third kappa shape index (κ3) is 2.77. The maximum atomic E-state index is 10.6. The van der Waals surface area contributed by atoms with Crippen LogP contribution in [-0.4, -0.2) is 11.1 Å². The summed E-state index contributed by atoms with van der Waals surface area (Å²) in [6.07, 6.45) is 0.0557. The number of hydrogen-bond acceptors (Lipinski definition) is 2. The van der Waals surface area contributed by atoms with Crippen LogP contribution in [0.25, 0.3) is 0 Å². The van der Waals surface area contributed by atoms with Gasteiger partial charge in [0.05, 0.1) is 6.42 Å². The van der Waals surface area contributed by atoms with Crippen molar-refractivity contribution in [3.8, 4) is 0 Å². The van der Waals surface area contributed by atoms with Crippen molar-refractivity contribution in [2.45, 2.75) is 25.0 Å². The first-order chi connectivity index (χ1) is 6.41. The molecule has 14 heavy (non-hydrogen) atoms. The Morgan fingerprint density at radius 2 is 2.00 bits per heavy atom. The molecule has 0 fully saturated rings. The van der Waals surface area contributed by atoms with Gasteiger partial charge in [-0.15, -0.1) is 0 Å². The van der Waals surface area contributed by atoms with Gasteiger partial charge in [0.2, 0.25) is 0 Å². The summed E-state index contributed by atoms with van der Waals surface area (Å²) in [4.78, 5) is 10.6. The van der Waals surface area contributed by atoms with Crippen LogP contribution in [0, 0.1) is 0 Å². The highest BCUT2D eigenvalue weighted by Gasteiger charge is 2.19. The lowest BCUT2D eigenvalue weighted by atomic mass is 9.95. The largest absolute Gasteiger partial charge is 0.481 e. The fraction of sp³-hybridized carbons (Fsp3) is 0.364. The molecule has 1 aromatic carbocycles. The minimum absolute atomic E-state index is 0.0557. The van der Waals surface area contributed by atoms with E-state index >= 15 is 0 Å².